The van der Waals surface area contributed by atoms with Crippen LogP contribution in [-0.2, 0) is 14.8 Å². The van der Waals surface area contributed by atoms with Crippen LogP contribution >= 0.6 is 0 Å². The van der Waals surface area contributed by atoms with E-state index in [9.17, 15) is 8.42 Å². The molecular formula is C18H23N3O4S. The van der Waals surface area contributed by atoms with Gasteiger partial charge in [-0.1, -0.05) is 0 Å². The van der Waals surface area contributed by atoms with Crippen molar-refractivity contribution < 1.29 is 17.9 Å². The molecule has 1 fully saturated rings. The van der Waals surface area contributed by atoms with Crippen molar-refractivity contribution in [3.05, 3.63) is 41.6 Å². The molecule has 0 bridgehead atoms. The number of rotatable bonds is 5. The number of aryl methyl sites for hydroxylation is 2. The van der Waals surface area contributed by atoms with Crippen LogP contribution in [0.4, 0.5) is 11.5 Å². The summed E-state index contributed by atoms with van der Waals surface area (Å²) in [7, 11) is -2.32. The lowest BCUT2D eigenvalue weighted by Crippen LogP contribution is -2.36. The molecule has 1 aromatic carbocycles. The van der Waals surface area contributed by atoms with E-state index in [1.54, 1.807) is 24.3 Å². The molecule has 2 heterocycles. The van der Waals surface area contributed by atoms with E-state index in [0.717, 1.165) is 30.0 Å². The Labute approximate surface area is 154 Å². The second kappa shape index (κ2) is 7.51. The summed E-state index contributed by atoms with van der Waals surface area (Å²) >= 11 is 0. The quantitative estimate of drug-likeness (QED) is 0.861. The second-order valence-electron chi connectivity index (χ2n) is 6.20. The first kappa shape index (κ1) is 18.5. The van der Waals surface area contributed by atoms with Gasteiger partial charge in [0.05, 0.1) is 32.2 Å². The number of nitrogens with zero attached hydrogens (tertiary/aromatic N) is 2. The van der Waals surface area contributed by atoms with Crippen molar-refractivity contribution in [2.45, 2.75) is 18.7 Å². The van der Waals surface area contributed by atoms with E-state index in [0.29, 0.717) is 24.7 Å². The molecule has 3 rings (SSSR count). The minimum Gasteiger partial charge on any atom is -0.495 e. The van der Waals surface area contributed by atoms with Gasteiger partial charge in [0.25, 0.3) is 10.0 Å². The van der Waals surface area contributed by atoms with E-state index in [1.807, 2.05) is 13.8 Å². The van der Waals surface area contributed by atoms with E-state index in [-0.39, 0.29) is 4.90 Å². The maximum absolute atomic E-state index is 12.8. The van der Waals surface area contributed by atoms with Crippen LogP contribution in [0.25, 0.3) is 0 Å². The summed E-state index contributed by atoms with van der Waals surface area (Å²) < 4.78 is 38.7. The summed E-state index contributed by atoms with van der Waals surface area (Å²) in [5, 5.41) is 0. The third-order valence-electron chi connectivity index (χ3n) is 4.40. The van der Waals surface area contributed by atoms with E-state index in [1.165, 1.54) is 13.3 Å². The van der Waals surface area contributed by atoms with Crippen molar-refractivity contribution in [2.24, 2.45) is 0 Å². The van der Waals surface area contributed by atoms with Crippen LogP contribution < -0.4 is 14.4 Å². The first-order valence-corrected chi connectivity index (χ1v) is 9.86. The Kier molecular flexibility index (Phi) is 5.33. The topological polar surface area (TPSA) is 80.8 Å². The van der Waals surface area contributed by atoms with Crippen molar-refractivity contribution in [3.8, 4) is 5.75 Å². The zero-order chi connectivity index (χ0) is 18.7. The predicted molar refractivity (Wildman–Crippen MR) is 101 cm³/mol. The number of hydrogen-bond donors (Lipinski definition) is 1. The number of hydrogen-bond acceptors (Lipinski definition) is 6. The number of pyridine rings is 1. The largest absolute Gasteiger partial charge is 0.495 e. The van der Waals surface area contributed by atoms with Crippen LogP contribution in [0.3, 0.4) is 0 Å². The monoisotopic (exact) mass is 377 g/mol. The molecule has 0 radical (unpaired) electrons. The van der Waals surface area contributed by atoms with Gasteiger partial charge in [-0.2, -0.15) is 0 Å². The minimum absolute atomic E-state index is 0.111. The number of anilines is 2. The Morgan fingerprint density at radius 2 is 1.85 bits per heavy atom. The molecule has 1 aromatic heterocycles. The highest BCUT2D eigenvalue weighted by Gasteiger charge is 2.21. The molecule has 0 amide bonds. The minimum atomic E-state index is -3.78. The van der Waals surface area contributed by atoms with Gasteiger partial charge in [0.1, 0.15) is 16.5 Å². The highest BCUT2D eigenvalue weighted by Crippen LogP contribution is 2.29. The normalized spacial score (nSPS) is 15.0. The van der Waals surface area contributed by atoms with Crippen molar-refractivity contribution in [1.29, 1.82) is 0 Å². The lowest BCUT2D eigenvalue weighted by molar-refractivity contribution is 0.122. The number of benzene rings is 1. The Bertz CT molecular complexity index is 876. The number of morpholine rings is 1. The van der Waals surface area contributed by atoms with E-state index in [4.69, 9.17) is 9.47 Å². The number of sulfonamides is 1. The molecule has 1 aliphatic rings. The van der Waals surface area contributed by atoms with Crippen LogP contribution in [0.15, 0.2) is 35.4 Å². The predicted octanol–water partition coefficient (Wildman–Crippen LogP) is 2.34. The zero-order valence-electron chi connectivity index (χ0n) is 15.2. The van der Waals surface area contributed by atoms with Gasteiger partial charge in [-0.25, -0.2) is 13.4 Å². The first-order chi connectivity index (χ1) is 12.4. The smallest absolute Gasteiger partial charge is 0.265 e. The summed E-state index contributed by atoms with van der Waals surface area (Å²) in [6, 6.07) is 6.86. The summed E-state index contributed by atoms with van der Waals surface area (Å²) in [6.45, 7) is 6.67. The van der Waals surface area contributed by atoms with E-state index in [2.05, 4.69) is 14.6 Å². The summed E-state index contributed by atoms with van der Waals surface area (Å²) in [4.78, 5) is 6.58. The van der Waals surface area contributed by atoms with Crippen LogP contribution in [0.2, 0.25) is 0 Å². The SMILES string of the molecule is COc1cc(C)c(C)cc1S(=O)(=O)Nc1ccc(N2CCOCC2)nc1. The third-order valence-corrected chi connectivity index (χ3v) is 5.81. The van der Waals surface area contributed by atoms with Crippen LogP contribution in [0.1, 0.15) is 11.1 Å². The highest BCUT2D eigenvalue weighted by molar-refractivity contribution is 7.92. The number of methoxy groups -OCH3 is 1. The molecule has 2 aromatic rings. The zero-order valence-corrected chi connectivity index (χ0v) is 16.0. The van der Waals surface area contributed by atoms with Gasteiger partial charge in [0, 0.05) is 13.1 Å². The lowest BCUT2D eigenvalue weighted by atomic mass is 10.1. The fraction of sp³-hybridized carbons (Fsp3) is 0.389. The van der Waals surface area contributed by atoms with Gasteiger partial charge in [-0.3, -0.25) is 4.72 Å². The Morgan fingerprint density at radius 3 is 2.46 bits per heavy atom. The van der Waals surface area contributed by atoms with Crippen LogP contribution in [-0.4, -0.2) is 46.8 Å². The third kappa shape index (κ3) is 3.91. The van der Waals surface area contributed by atoms with Crippen molar-refractivity contribution in [2.75, 3.05) is 43.0 Å². The summed E-state index contributed by atoms with van der Waals surface area (Å²) in [6.07, 6.45) is 1.52. The number of ether oxygens (including phenoxy) is 2. The molecule has 7 nitrogen and oxygen atoms in total. The van der Waals surface area contributed by atoms with E-state index >= 15 is 0 Å². The fourth-order valence-corrected chi connectivity index (χ4v) is 4.05. The lowest BCUT2D eigenvalue weighted by Gasteiger charge is -2.27. The molecule has 8 heteroatoms. The molecule has 1 N–H and O–H groups in total. The average molecular weight is 377 g/mol. The fourth-order valence-electron chi connectivity index (χ4n) is 2.77. The maximum Gasteiger partial charge on any atom is 0.265 e. The van der Waals surface area contributed by atoms with Gasteiger partial charge in [-0.15, -0.1) is 0 Å². The number of aromatic nitrogens is 1. The van der Waals surface area contributed by atoms with Gasteiger partial charge in [0.2, 0.25) is 0 Å². The van der Waals surface area contributed by atoms with Crippen molar-refractivity contribution in [3.63, 3.8) is 0 Å². The molecule has 0 atom stereocenters. The molecule has 0 aliphatic carbocycles. The van der Waals surface area contributed by atoms with Gasteiger partial charge < -0.3 is 14.4 Å². The molecule has 0 saturated carbocycles. The maximum atomic E-state index is 12.8. The Balaban J connectivity index is 1.82. The van der Waals surface area contributed by atoms with Crippen LogP contribution in [0, 0.1) is 13.8 Å². The molecule has 26 heavy (non-hydrogen) atoms. The van der Waals surface area contributed by atoms with Gasteiger partial charge in [-0.05, 0) is 49.2 Å². The second-order valence-corrected chi connectivity index (χ2v) is 7.85. The van der Waals surface area contributed by atoms with Crippen molar-refractivity contribution in [1.82, 2.24) is 4.98 Å². The van der Waals surface area contributed by atoms with E-state index < -0.39 is 10.0 Å². The van der Waals surface area contributed by atoms with Gasteiger partial charge >= 0.3 is 0 Å². The molecule has 1 aliphatic heterocycles. The first-order valence-electron chi connectivity index (χ1n) is 8.37. The van der Waals surface area contributed by atoms with Crippen LogP contribution in [0.5, 0.6) is 5.75 Å². The van der Waals surface area contributed by atoms with Gasteiger partial charge in [0.15, 0.2) is 0 Å². The molecular weight excluding hydrogens is 354 g/mol. The Morgan fingerprint density at radius 1 is 1.15 bits per heavy atom. The Hall–Kier alpha value is -2.32. The summed E-state index contributed by atoms with van der Waals surface area (Å²) in [5.74, 6) is 1.12. The number of nitrogens with one attached hydrogen (secondary N) is 1. The molecule has 0 spiro atoms. The summed E-state index contributed by atoms with van der Waals surface area (Å²) in [5.41, 5.74) is 2.26. The van der Waals surface area contributed by atoms with Crippen molar-refractivity contribution >= 4 is 21.5 Å². The molecule has 140 valence electrons. The standard InChI is InChI=1S/C18H23N3O4S/c1-13-10-16(24-3)17(11-14(13)2)26(22,23)20-15-4-5-18(19-12-15)21-6-8-25-9-7-21/h4-5,10-12,20H,6-9H2,1-3H3. The highest BCUT2D eigenvalue weighted by atomic mass is 32.2. The molecule has 1 saturated heterocycles. The molecule has 0 unspecified atom stereocenters. The average Bonchev–Trinajstić information content (AvgIpc) is 2.64.